The fraction of sp³-hybridized carbons (Fsp3) is 0.579. The van der Waals surface area contributed by atoms with Crippen LogP contribution in [0, 0.1) is 17.7 Å². The Kier molecular flexibility index (Phi) is 1.56. The summed E-state index contributed by atoms with van der Waals surface area (Å²) >= 11 is 0. The lowest BCUT2D eigenvalue weighted by Crippen LogP contribution is -2.45. The summed E-state index contributed by atoms with van der Waals surface area (Å²) in [5, 5.41) is 11.2. The maximum absolute atomic E-state index is 13.5. The molecular weight excluding hydrogens is 290 g/mol. The van der Waals surface area contributed by atoms with Gasteiger partial charge in [0.05, 0.1) is 6.85 Å². The summed E-state index contributed by atoms with van der Waals surface area (Å²) < 4.78 is 178. The molecule has 1 aliphatic rings. The molecule has 0 radical (unpaired) electrons. The number of carbonyl (C=O) groups is 2. The fourth-order valence-corrected chi connectivity index (χ4v) is 1.56. The highest BCUT2D eigenvalue weighted by Gasteiger charge is 2.30. The van der Waals surface area contributed by atoms with Gasteiger partial charge in [-0.25, -0.2) is 4.79 Å². The number of carboxylic acids is 1. The molecule has 4 nitrogen and oxygen atoms in total. The molecule has 1 atom stereocenters. The molecule has 4 heteroatoms. The minimum atomic E-state index is -4.78. The summed E-state index contributed by atoms with van der Waals surface area (Å²) in [6, 6.07) is -7.05. The highest BCUT2D eigenvalue weighted by Crippen LogP contribution is 2.33. The number of rotatable bonds is 6. The normalized spacial score (nSPS) is 53.2. The number of carboxylic acid groups (broad SMARTS) is 1. The molecule has 23 heavy (non-hydrogen) atoms. The quantitative estimate of drug-likeness (QED) is 0.836. The van der Waals surface area contributed by atoms with Crippen molar-refractivity contribution in [2.24, 2.45) is 17.7 Å². The largest absolute Gasteiger partial charge is 0.480 e. The van der Waals surface area contributed by atoms with Crippen molar-refractivity contribution in [1.82, 2.24) is 5.32 Å². The highest BCUT2D eigenvalue weighted by molar-refractivity contribution is 5.85. The monoisotopic (exact) mass is 339 g/mol. The molecule has 0 saturated heterocycles. The number of hydrogen-bond acceptors (Lipinski definition) is 2. The molecule has 0 aromatic heterocycles. The van der Waals surface area contributed by atoms with Crippen LogP contribution in [0.1, 0.15) is 74.9 Å². The molecule has 0 unspecified atom stereocenters. The van der Waals surface area contributed by atoms with Crippen molar-refractivity contribution in [2.75, 3.05) is 0 Å². The average molecular weight is 340 g/mol. The highest BCUT2D eigenvalue weighted by atomic mass is 16.4. The van der Waals surface area contributed by atoms with Crippen molar-refractivity contribution >= 4 is 11.9 Å². The molecule has 1 aliphatic carbocycles. The van der Waals surface area contributed by atoms with E-state index in [4.69, 9.17) is 30.2 Å². The van der Waals surface area contributed by atoms with Crippen molar-refractivity contribution in [2.45, 2.75) is 51.7 Å². The minimum Gasteiger partial charge on any atom is -0.480 e. The third kappa shape index (κ3) is 5.08. The van der Waals surface area contributed by atoms with E-state index in [1.165, 1.54) is 5.32 Å². The van der Waals surface area contributed by atoms with Crippen LogP contribution in [0.4, 0.5) is 0 Å². The Balaban J connectivity index is 2.89. The van der Waals surface area contributed by atoms with Crippen LogP contribution in [0.2, 0.25) is 0 Å². The van der Waals surface area contributed by atoms with Crippen LogP contribution in [-0.2, 0) is 16.0 Å². The number of hydrogen-bond donors (Lipinski definition) is 2. The number of aliphatic carboxylic acids is 1. The number of benzene rings is 1. The van der Waals surface area contributed by atoms with Gasteiger partial charge in [-0.2, -0.15) is 0 Å². The summed E-state index contributed by atoms with van der Waals surface area (Å²) in [6.07, 6.45) is -19.8. The second kappa shape index (κ2) is 8.14. The van der Waals surface area contributed by atoms with E-state index in [0.29, 0.717) is 0 Å². The van der Waals surface area contributed by atoms with Gasteiger partial charge < -0.3 is 10.4 Å². The van der Waals surface area contributed by atoms with E-state index in [2.05, 4.69) is 0 Å². The predicted octanol–water partition coefficient (Wildman–Crippen LogP) is 3.26. The van der Waals surface area contributed by atoms with E-state index < -0.39 is 117 Å². The molecule has 2 N–H and O–H groups in total. The summed E-state index contributed by atoms with van der Waals surface area (Å²) in [7, 11) is 0. The lowest BCUT2D eigenvalue weighted by molar-refractivity contribution is -0.142. The lowest BCUT2D eigenvalue weighted by Gasteiger charge is -2.30. The Bertz CT molecular complexity index is 1330. The first-order valence-electron chi connectivity index (χ1n) is 17.2. The summed E-state index contributed by atoms with van der Waals surface area (Å²) in [4.78, 5) is 25.6. The van der Waals surface area contributed by atoms with Gasteiger partial charge in [0.2, 0.25) is 5.91 Å². The van der Waals surface area contributed by atoms with Gasteiger partial charge in [0.15, 0.2) is 0 Å². The lowest BCUT2D eigenvalue weighted by atomic mass is 9.76. The second-order valence-corrected chi connectivity index (χ2v) is 4.30. The van der Waals surface area contributed by atoms with Gasteiger partial charge in [-0.3, -0.25) is 4.79 Å². The van der Waals surface area contributed by atoms with Crippen LogP contribution in [0.5, 0.6) is 0 Å². The van der Waals surface area contributed by atoms with E-state index in [-0.39, 0.29) is 0 Å². The van der Waals surface area contributed by atoms with Gasteiger partial charge in [-0.05, 0) is 42.8 Å². The van der Waals surface area contributed by atoms with Gasteiger partial charge >= 0.3 is 5.97 Å². The number of carbonyl (C=O) groups excluding carboxylic acids is 1. The SMILES string of the molecule is [2H]c1c([2H])c([2H])c(C[C@@H](NC(=O)C2([2H])C([2H])([2H])C([2H])([2H])C([2H])(C([2H])(C([2H])([2H])[2H])C([2H])([2H])[2H])C([2H])([2H])C2([2H])[2H])C(=O)O)c([2H])c1[2H]. The zero-order chi connectivity index (χ0) is 36.1. The number of amides is 1. The molecule has 0 bridgehead atoms. The first kappa shape index (κ1) is 4.41. The molecule has 0 aliphatic heterocycles. The van der Waals surface area contributed by atoms with E-state index in [9.17, 15) is 14.7 Å². The molecule has 126 valence electrons. The van der Waals surface area contributed by atoms with Gasteiger partial charge in [-0.1, -0.05) is 43.9 Å². The Morgan fingerprint density at radius 2 is 2.04 bits per heavy atom. The standard InChI is InChI=1S/C19H27NO3/c1-13(2)15-8-10-16(11-9-15)18(21)20-17(19(22)23)12-14-6-4-3-5-7-14/h3-7,13,15-17H,8-12H2,1-2H3,(H,20,21)(H,22,23)/t15?,16?,17-/m1/s1/i1D3,2D3,3D,4D,5D,6D,7D,8D2,9D2,10D2,11D2,13D,15D,16D. The molecule has 0 spiro atoms. The van der Waals surface area contributed by atoms with Crippen LogP contribution >= 0.6 is 0 Å². The maximum Gasteiger partial charge on any atom is 0.326 e. The van der Waals surface area contributed by atoms with Crippen LogP contribution < -0.4 is 5.32 Å². The zero-order valence-corrected chi connectivity index (χ0v) is 11.5. The van der Waals surface area contributed by atoms with E-state index >= 15 is 0 Å². The Hall–Kier alpha value is -1.84. The molecule has 1 aromatic rings. The fourth-order valence-electron chi connectivity index (χ4n) is 1.56. The van der Waals surface area contributed by atoms with Gasteiger partial charge in [0, 0.05) is 35.6 Å². The Labute approximate surface area is 169 Å². The smallest absolute Gasteiger partial charge is 0.326 e. The molecule has 1 saturated carbocycles. The Morgan fingerprint density at radius 3 is 2.61 bits per heavy atom. The Morgan fingerprint density at radius 1 is 1.39 bits per heavy atom. The van der Waals surface area contributed by atoms with E-state index in [1.54, 1.807) is 0 Å². The van der Waals surface area contributed by atoms with Crippen molar-refractivity contribution < 1.29 is 44.9 Å². The van der Waals surface area contributed by atoms with Crippen molar-refractivity contribution in [3.63, 3.8) is 0 Å². The van der Waals surface area contributed by atoms with Crippen LogP contribution in [-0.4, -0.2) is 23.0 Å². The topological polar surface area (TPSA) is 66.4 Å². The van der Waals surface area contributed by atoms with E-state index in [1.807, 2.05) is 0 Å². The molecule has 1 amide bonds. The summed E-state index contributed by atoms with van der Waals surface area (Å²) in [5.41, 5.74) is -0.715. The summed E-state index contributed by atoms with van der Waals surface area (Å²) in [5.74, 6) is -18.4. The second-order valence-electron chi connectivity index (χ2n) is 4.30. The van der Waals surface area contributed by atoms with Crippen molar-refractivity contribution in [3.8, 4) is 0 Å². The first-order valence-corrected chi connectivity index (χ1v) is 6.22. The molecule has 2 rings (SSSR count). The molecular formula is C19H27NO3. The van der Waals surface area contributed by atoms with Gasteiger partial charge in [0.25, 0.3) is 0 Å². The van der Waals surface area contributed by atoms with Crippen LogP contribution in [0.3, 0.4) is 0 Å². The van der Waals surface area contributed by atoms with Gasteiger partial charge in [-0.15, -0.1) is 0 Å². The van der Waals surface area contributed by atoms with E-state index in [0.717, 1.165) is 0 Å². The molecule has 1 aromatic carbocycles. The van der Waals surface area contributed by atoms with Crippen molar-refractivity contribution in [1.29, 1.82) is 0 Å². The first-order chi connectivity index (χ1) is 19.6. The third-order valence-corrected chi connectivity index (χ3v) is 2.67. The maximum atomic E-state index is 13.5. The zero-order valence-electron chi connectivity index (χ0n) is 33.5. The van der Waals surface area contributed by atoms with Gasteiger partial charge in [0.1, 0.15) is 6.04 Å². The average Bonchev–Trinajstić information content (AvgIpc) is 2.88. The molecule has 0 heterocycles. The summed E-state index contributed by atoms with van der Waals surface area (Å²) in [6.45, 7) is -8.68. The van der Waals surface area contributed by atoms with Crippen LogP contribution in [0.25, 0.3) is 0 Å². The van der Waals surface area contributed by atoms with Crippen molar-refractivity contribution in [3.05, 3.63) is 35.8 Å². The molecule has 1 fully saturated rings. The third-order valence-electron chi connectivity index (χ3n) is 2.67. The van der Waals surface area contributed by atoms with Crippen LogP contribution in [0.15, 0.2) is 30.2 Å². The predicted molar refractivity (Wildman–Crippen MR) is 90.0 cm³/mol. The minimum absolute atomic E-state index is 0.715. The number of nitrogens with one attached hydrogen (secondary N) is 1.